The summed E-state index contributed by atoms with van der Waals surface area (Å²) in [6.07, 6.45) is 8.74. The van der Waals surface area contributed by atoms with Gasteiger partial charge in [0.05, 0.1) is 22.2 Å². The van der Waals surface area contributed by atoms with Crippen LogP contribution >= 0.6 is 11.3 Å². The minimum absolute atomic E-state index is 0.0299. The van der Waals surface area contributed by atoms with E-state index < -0.39 is 0 Å². The van der Waals surface area contributed by atoms with Gasteiger partial charge in [-0.25, -0.2) is 14.8 Å². The number of aromatic nitrogens is 2. The van der Waals surface area contributed by atoms with Crippen molar-refractivity contribution in [2.45, 2.75) is 39.5 Å². The number of allylic oxidation sites excluding steroid dienone is 3. The minimum Gasteiger partial charge on any atom is -0.395 e. The number of nitrogens with zero attached hydrogens (tertiary/aromatic N) is 2. The van der Waals surface area contributed by atoms with Crippen LogP contribution in [0.2, 0.25) is 0 Å². The monoisotopic (exact) mass is 503 g/mol. The highest BCUT2D eigenvalue weighted by molar-refractivity contribution is 7.15. The van der Waals surface area contributed by atoms with Gasteiger partial charge in [-0.3, -0.25) is 0 Å². The highest BCUT2D eigenvalue weighted by Crippen LogP contribution is 2.41. The van der Waals surface area contributed by atoms with Gasteiger partial charge in [0, 0.05) is 35.1 Å². The van der Waals surface area contributed by atoms with Crippen molar-refractivity contribution in [2.24, 2.45) is 5.92 Å². The third-order valence-corrected chi connectivity index (χ3v) is 7.20. The van der Waals surface area contributed by atoms with Gasteiger partial charge in [-0.15, -0.1) is 11.3 Å². The normalized spacial score (nSPS) is 15.4. The number of pyridine rings is 1. The molecule has 0 radical (unpaired) electrons. The maximum Gasteiger partial charge on any atom is 0.323 e. The maximum atomic E-state index is 12.6. The number of anilines is 2. The van der Waals surface area contributed by atoms with Crippen LogP contribution in [-0.4, -0.2) is 34.3 Å². The Labute approximate surface area is 216 Å². The number of carbonyl (C=O) groups is 1. The smallest absolute Gasteiger partial charge is 0.323 e. The Morgan fingerprint density at radius 2 is 2.00 bits per heavy atom. The lowest BCUT2D eigenvalue weighted by Crippen LogP contribution is -2.28. The van der Waals surface area contributed by atoms with Crippen LogP contribution in [0.1, 0.15) is 39.1 Å². The molecular weight excluding hydrogens is 470 g/mol. The summed E-state index contributed by atoms with van der Waals surface area (Å²) in [5, 5.41) is 19.2. The molecule has 0 spiro atoms. The van der Waals surface area contributed by atoms with Gasteiger partial charge < -0.3 is 21.1 Å². The fourth-order valence-corrected chi connectivity index (χ4v) is 4.88. The molecule has 3 aromatic rings. The number of aliphatic hydroxyl groups is 1. The highest BCUT2D eigenvalue weighted by Gasteiger charge is 2.23. The third kappa shape index (κ3) is 6.38. The molecular formula is C28H33N5O2S. The van der Waals surface area contributed by atoms with Gasteiger partial charge in [0.1, 0.15) is 5.82 Å². The zero-order chi connectivity index (χ0) is 25.7. The van der Waals surface area contributed by atoms with E-state index in [9.17, 15) is 4.79 Å². The average Bonchev–Trinajstić information content (AvgIpc) is 3.31. The standard InChI is InChI=1S/C28H33N5O2S/c1-18-8-10-21(11-9-18)31-27(35)32-22-7-5-6-20(16-22)25-24(33-26(36-25)28(2,3)4)19-12-13-29-23(17-19)30-14-15-34/h5-8,10-13,16-18,34H,9,14-15H2,1-4H3,(H,29,30)(H2,31,32,35). The molecule has 2 aromatic heterocycles. The molecule has 2 amide bonds. The van der Waals surface area contributed by atoms with Crippen molar-refractivity contribution < 1.29 is 9.90 Å². The van der Waals surface area contributed by atoms with Gasteiger partial charge in [0.25, 0.3) is 0 Å². The van der Waals surface area contributed by atoms with Crippen molar-refractivity contribution >= 4 is 28.9 Å². The fraction of sp³-hybridized carbons (Fsp3) is 0.321. The van der Waals surface area contributed by atoms with Crippen LogP contribution < -0.4 is 16.0 Å². The number of rotatable bonds is 7. The predicted molar refractivity (Wildman–Crippen MR) is 148 cm³/mol. The van der Waals surface area contributed by atoms with E-state index in [0.717, 1.165) is 38.8 Å². The van der Waals surface area contributed by atoms with E-state index in [4.69, 9.17) is 10.1 Å². The second-order valence-electron chi connectivity index (χ2n) is 9.92. The van der Waals surface area contributed by atoms with Gasteiger partial charge in [0.2, 0.25) is 0 Å². The molecule has 4 N–H and O–H groups in total. The van der Waals surface area contributed by atoms with Gasteiger partial charge in [-0.2, -0.15) is 0 Å². The predicted octanol–water partition coefficient (Wildman–Crippen LogP) is 6.18. The van der Waals surface area contributed by atoms with Crippen molar-refractivity contribution in [3.8, 4) is 21.7 Å². The molecule has 4 rings (SSSR count). The topological polar surface area (TPSA) is 99.2 Å². The number of thiazole rings is 1. The summed E-state index contributed by atoms with van der Waals surface area (Å²) in [5.41, 5.74) is 4.18. The molecule has 7 nitrogen and oxygen atoms in total. The first kappa shape index (κ1) is 25.6. The molecule has 0 saturated heterocycles. The molecule has 0 saturated carbocycles. The molecule has 1 aliphatic carbocycles. The zero-order valence-electron chi connectivity index (χ0n) is 21.1. The molecule has 0 aliphatic heterocycles. The number of hydrogen-bond donors (Lipinski definition) is 4. The Morgan fingerprint density at radius 3 is 2.72 bits per heavy atom. The summed E-state index contributed by atoms with van der Waals surface area (Å²) in [7, 11) is 0. The van der Waals surface area contributed by atoms with Crippen LogP contribution in [0, 0.1) is 5.92 Å². The SMILES string of the molecule is CC1C=CC(NC(=O)Nc2cccc(-c3sc(C(C)(C)C)nc3-c3ccnc(NCCO)c3)c2)=CC1. The van der Waals surface area contributed by atoms with Crippen LogP contribution in [0.5, 0.6) is 0 Å². The van der Waals surface area contributed by atoms with Crippen LogP contribution in [0.4, 0.5) is 16.3 Å². The summed E-state index contributed by atoms with van der Waals surface area (Å²) in [5.74, 6) is 1.18. The molecule has 1 unspecified atom stereocenters. The van der Waals surface area contributed by atoms with E-state index in [1.165, 1.54) is 0 Å². The molecule has 0 fully saturated rings. The first-order chi connectivity index (χ1) is 17.2. The summed E-state index contributed by atoms with van der Waals surface area (Å²) in [6, 6.07) is 11.4. The summed E-state index contributed by atoms with van der Waals surface area (Å²) in [6.45, 7) is 9.05. The van der Waals surface area contributed by atoms with E-state index in [0.29, 0.717) is 24.0 Å². The van der Waals surface area contributed by atoms with Crippen molar-refractivity contribution in [1.29, 1.82) is 0 Å². The number of amides is 2. The molecule has 188 valence electrons. The Bertz CT molecular complexity index is 1290. The molecule has 1 atom stereocenters. The Morgan fingerprint density at radius 1 is 1.17 bits per heavy atom. The lowest BCUT2D eigenvalue weighted by atomic mass is 9.98. The maximum absolute atomic E-state index is 12.6. The van der Waals surface area contributed by atoms with Crippen molar-refractivity contribution in [3.63, 3.8) is 0 Å². The quantitative estimate of drug-likeness (QED) is 0.309. The van der Waals surface area contributed by atoms with E-state index in [1.807, 2.05) is 48.6 Å². The van der Waals surface area contributed by atoms with Gasteiger partial charge in [-0.1, -0.05) is 52.0 Å². The first-order valence-electron chi connectivity index (χ1n) is 12.1. The number of urea groups is 1. The van der Waals surface area contributed by atoms with Gasteiger partial charge in [-0.05, 0) is 48.2 Å². The molecule has 1 aliphatic rings. The summed E-state index contributed by atoms with van der Waals surface area (Å²) >= 11 is 1.66. The average molecular weight is 504 g/mol. The molecule has 0 bridgehead atoms. The molecule has 2 heterocycles. The fourth-order valence-electron chi connectivity index (χ4n) is 3.74. The largest absolute Gasteiger partial charge is 0.395 e. The zero-order valence-corrected chi connectivity index (χ0v) is 21.9. The molecule has 36 heavy (non-hydrogen) atoms. The lowest BCUT2D eigenvalue weighted by molar-refractivity contribution is 0.254. The third-order valence-electron chi connectivity index (χ3n) is 5.67. The Hall–Kier alpha value is -3.49. The van der Waals surface area contributed by atoms with Gasteiger partial charge in [0.15, 0.2) is 0 Å². The Kier molecular flexibility index (Phi) is 7.86. The minimum atomic E-state index is -0.272. The van der Waals surface area contributed by atoms with Crippen LogP contribution in [-0.2, 0) is 5.41 Å². The van der Waals surface area contributed by atoms with E-state index >= 15 is 0 Å². The van der Waals surface area contributed by atoms with Crippen LogP contribution in [0.3, 0.4) is 0 Å². The van der Waals surface area contributed by atoms with Crippen molar-refractivity contribution in [3.05, 3.63) is 71.5 Å². The van der Waals surface area contributed by atoms with Crippen molar-refractivity contribution in [2.75, 3.05) is 23.8 Å². The van der Waals surface area contributed by atoms with E-state index in [1.54, 1.807) is 17.5 Å². The Balaban J connectivity index is 1.63. The lowest BCUT2D eigenvalue weighted by Gasteiger charge is -2.14. The van der Waals surface area contributed by atoms with Gasteiger partial charge >= 0.3 is 6.03 Å². The number of nitrogens with one attached hydrogen (secondary N) is 3. The highest BCUT2D eigenvalue weighted by atomic mass is 32.1. The van der Waals surface area contributed by atoms with E-state index in [2.05, 4.69) is 54.7 Å². The summed E-state index contributed by atoms with van der Waals surface area (Å²) < 4.78 is 0. The summed E-state index contributed by atoms with van der Waals surface area (Å²) in [4.78, 5) is 23.0. The van der Waals surface area contributed by atoms with Crippen molar-refractivity contribution in [1.82, 2.24) is 15.3 Å². The number of hydrogen-bond acceptors (Lipinski definition) is 6. The number of aliphatic hydroxyl groups excluding tert-OH is 1. The molecule has 1 aromatic carbocycles. The molecule has 8 heteroatoms. The van der Waals surface area contributed by atoms with Crippen LogP contribution in [0.25, 0.3) is 21.7 Å². The number of carbonyl (C=O) groups excluding carboxylic acids is 1. The first-order valence-corrected chi connectivity index (χ1v) is 12.9. The van der Waals surface area contributed by atoms with E-state index in [-0.39, 0.29) is 18.1 Å². The second-order valence-corrected chi connectivity index (χ2v) is 10.9. The second kappa shape index (κ2) is 11.1. The number of benzene rings is 1. The van der Waals surface area contributed by atoms with Crippen LogP contribution in [0.15, 0.2) is 66.5 Å².